The van der Waals surface area contributed by atoms with Gasteiger partial charge in [-0.05, 0) is 12.1 Å². The number of carbonyl (C=O) groups excluding carboxylic acids is 1. The first-order valence-electron chi connectivity index (χ1n) is 8.54. The Bertz CT molecular complexity index is 1130. The lowest BCUT2D eigenvalue weighted by molar-refractivity contribution is -0.0498. The van der Waals surface area contributed by atoms with E-state index in [1.807, 2.05) is 12.1 Å². The standard InChI is InChI=1S/C20H13F3N4O2/c1-24-18-11-26(16-8-13(29-19(22)23)6-7-15(16)21)20(28)27(18)17-10-25-9-12-4-2-3-5-14(12)17/h2-10,18-19H,11H2. The number of rotatable bonds is 4. The number of aromatic nitrogens is 1. The number of ether oxygens (including phenoxy) is 1. The fraction of sp³-hybridized carbons (Fsp3) is 0.150. The fourth-order valence-electron chi connectivity index (χ4n) is 3.31. The second-order valence-corrected chi connectivity index (χ2v) is 6.24. The Labute approximate surface area is 163 Å². The molecule has 1 aromatic heterocycles. The summed E-state index contributed by atoms with van der Waals surface area (Å²) in [5.74, 6) is -1.07. The minimum Gasteiger partial charge on any atom is -0.435 e. The van der Waals surface area contributed by atoms with Gasteiger partial charge in [-0.3, -0.25) is 14.7 Å². The van der Waals surface area contributed by atoms with Crippen molar-refractivity contribution in [2.75, 3.05) is 16.3 Å². The van der Waals surface area contributed by atoms with Crippen molar-refractivity contribution < 1.29 is 22.7 Å². The van der Waals surface area contributed by atoms with Gasteiger partial charge in [-0.2, -0.15) is 8.78 Å². The topological polar surface area (TPSA) is 50.0 Å². The highest BCUT2D eigenvalue weighted by Gasteiger charge is 2.45. The molecule has 1 fully saturated rings. The molecule has 0 radical (unpaired) electrons. The molecule has 0 bridgehead atoms. The summed E-state index contributed by atoms with van der Waals surface area (Å²) in [5, 5.41) is 1.49. The molecular weight excluding hydrogens is 385 g/mol. The minimum atomic E-state index is -3.09. The fourth-order valence-corrected chi connectivity index (χ4v) is 3.31. The van der Waals surface area contributed by atoms with Crippen molar-refractivity contribution in [2.45, 2.75) is 12.8 Å². The van der Waals surface area contributed by atoms with Gasteiger partial charge in [-0.25, -0.2) is 20.7 Å². The van der Waals surface area contributed by atoms with Crippen LogP contribution in [0.2, 0.25) is 0 Å². The van der Waals surface area contributed by atoms with E-state index < -0.39 is 24.6 Å². The van der Waals surface area contributed by atoms with Crippen molar-refractivity contribution in [3.63, 3.8) is 0 Å². The highest BCUT2D eigenvalue weighted by atomic mass is 19.3. The number of benzene rings is 2. The zero-order valence-corrected chi connectivity index (χ0v) is 14.8. The number of urea groups is 1. The van der Waals surface area contributed by atoms with Crippen LogP contribution in [0, 0.1) is 12.4 Å². The maximum absolute atomic E-state index is 14.4. The van der Waals surface area contributed by atoms with Gasteiger partial charge < -0.3 is 4.74 Å². The summed E-state index contributed by atoms with van der Waals surface area (Å²) in [6, 6.07) is 9.58. The number of carbonyl (C=O) groups is 1. The molecule has 2 aromatic carbocycles. The van der Waals surface area contributed by atoms with Crippen molar-refractivity contribution in [3.05, 3.63) is 72.1 Å². The maximum atomic E-state index is 14.4. The number of nitrogens with zero attached hydrogens (tertiary/aromatic N) is 4. The molecule has 3 aromatic rings. The number of amides is 2. The van der Waals surface area contributed by atoms with E-state index in [4.69, 9.17) is 6.57 Å². The Morgan fingerprint density at radius 1 is 1.17 bits per heavy atom. The first-order chi connectivity index (χ1) is 14.0. The molecule has 29 heavy (non-hydrogen) atoms. The van der Waals surface area contributed by atoms with E-state index in [0.717, 1.165) is 28.5 Å². The second kappa shape index (κ2) is 7.31. The van der Waals surface area contributed by atoms with Gasteiger partial charge in [0.15, 0.2) is 0 Å². The van der Waals surface area contributed by atoms with Crippen molar-refractivity contribution in [1.29, 1.82) is 0 Å². The first-order valence-corrected chi connectivity index (χ1v) is 8.54. The Kier molecular flexibility index (Phi) is 4.68. The van der Waals surface area contributed by atoms with E-state index >= 15 is 0 Å². The zero-order valence-electron chi connectivity index (χ0n) is 14.8. The average Bonchev–Trinajstić information content (AvgIpc) is 3.04. The van der Waals surface area contributed by atoms with Crippen LogP contribution in [-0.4, -0.2) is 30.3 Å². The third-order valence-corrected chi connectivity index (χ3v) is 4.57. The molecule has 146 valence electrons. The van der Waals surface area contributed by atoms with E-state index in [1.54, 1.807) is 18.3 Å². The third kappa shape index (κ3) is 3.29. The summed E-state index contributed by atoms with van der Waals surface area (Å²) in [6.45, 7) is 4.26. The molecule has 1 unspecified atom stereocenters. The van der Waals surface area contributed by atoms with Crippen LogP contribution in [0.1, 0.15) is 0 Å². The molecule has 1 atom stereocenters. The van der Waals surface area contributed by atoms with E-state index in [1.165, 1.54) is 11.1 Å². The van der Waals surface area contributed by atoms with Crippen LogP contribution >= 0.6 is 0 Å². The summed E-state index contributed by atoms with van der Waals surface area (Å²) in [5.41, 5.74) is 0.175. The average molecular weight is 398 g/mol. The van der Waals surface area contributed by atoms with Crippen LogP contribution in [0.15, 0.2) is 54.9 Å². The highest BCUT2D eigenvalue weighted by molar-refractivity contribution is 6.11. The van der Waals surface area contributed by atoms with Crippen LogP contribution in [-0.2, 0) is 0 Å². The van der Waals surface area contributed by atoms with Gasteiger partial charge in [0, 0.05) is 23.0 Å². The molecule has 1 aliphatic heterocycles. The summed E-state index contributed by atoms with van der Waals surface area (Å²) >= 11 is 0. The van der Waals surface area contributed by atoms with E-state index in [-0.39, 0.29) is 18.0 Å². The maximum Gasteiger partial charge on any atom is 0.387 e. The molecule has 0 aliphatic carbocycles. The molecule has 2 amide bonds. The lowest BCUT2D eigenvalue weighted by Gasteiger charge is -2.19. The number of hydrogen-bond acceptors (Lipinski definition) is 3. The Morgan fingerprint density at radius 2 is 1.97 bits per heavy atom. The predicted octanol–water partition coefficient (Wildman–Crippen LogP) is 4.67. The molecule has 9 heteroatoms. The van der Waals surface area contributed by atoms with Crippen molar-refractivity contribution in [1.82, 2.24) is 4.98 Å². The van der Waals surface area contributed by atoms with Gasteiger partial charge in [0.1, 0.15) is 18.1 Å². The van der Waals surface area contributed by atoms with Crippen molar-refractivity contribution in [2.24, 2.45) is 0 Å². The SMILES string of the molecule is [C-]#[N+]C1CN(c2cc(OC(F)F)ccc2F)C(=O)N1c1cncc2ccccc12. The van der Waals surface area contributed by atoms with Crippen LogP contribution < -0.4 is 14.5 Å². The molecule has 1 saturated heterocycles. The van der Waals surface area contributed by atoms with E-state index in [2.05, 4.69) is 14.6 Å². The lowest BCUT2D eigenvalue weighted by Crippen LogP contribution is -2.34. The van der Waals surface area contributed by atoms with Crippen molar-refractivity contribution >= 4 is 28.2 Å². The molecular formula is C20H13F3N4O2. The number of hydrogen-bond donors (Lipinski definition) is 0. The first kappa shape index (κ1) is 18.6. The van der Waals surface area contributed by atoms with Gasteiger partial charge in [0.05, 0.1) is 17.6 Å². The number of alkyl halides is 2. The Hall–Kier alpha value is -3.80. The molecule has 2 heterocycles. The van der Waals surface area contributed by atoms with Crippen LogP contribution in [0.25, 0.3) is 15.6 Å². The van der Waals surface area contributed by atoms with E-state index in [0.29, 0.717) is 11.1 Å². The molecule has 0 saturated carbocycles. The normalized spacial score (nSPS) is 16.5. The second-order valence-electron chi connectivity index (χ2n) is 6.24. The van der Waals surface area contributed by atoms with E-state index in [9.17, 15) is 18.0 Å². The predicted molar refractivity (Wildman–Crippen MR) is 100 cm³/mol. The zero-order chi connectivity index (χ0) is 20.5. The highest BCUT2D eigenvalue weighted by Crippen LogP contribution is 2.35. The number of pyridine rings is 1. The van der Waals surface area contributed by atoms with Gasteiger partial charge in [0.2, 0.25) is 0 Å². The number of halogens is 3. The molecule has 0 N–H and O–H groups in total. The Balaban J connectivity index is 1.77. The van der Waals surface area contributed by atoms with Crippen LogP contribution in [0.3, 0.4) is 0 Å². The monoisotopic (exact) mass is 398 g/mol. The lowest BCUT2D eigenvalue weighted by atomic mass is 10.1. The summed E-state index contributed by atoms with van der Waals surface area (Å²) < 4.78 is 43.7. The number of fused-ring (bicyclic) bond motifs is 1. The van der Waals surface area contributed by atoms with Crippen LogP contribution in [0.4, 0.5) is 29.3 Å². The largest absolute Gasteiger partial charge is 0.435 e. The number of anilines is 2. The van der Waals surface area contributed by atoms with Crippen LogP contribution in [0.5, 0.6) is 5.75 Å². The summed E-state index contributed by atoms with van der Waals surface area (Å²) in [6.07, 6.45) is 2.16. The summed E-state index contributed by atoms with van der Waals surface area (Å²) in [7, 11) is 0. The molecule has 4 rings (SSSR count). The minimum absolute atomic E-state index is 0.138. The smallest absolute Gasteiger partial charge is 0.387 e. The van der Waals surface area contributed by atoms with Crippen molar-refractivity contribution in [3.8, 4) is 5.75 Å². The summed E-state index contributed by atoms with van der Waals surface area (Å²) in [4.78, 5) is 23.0. The van der Waals surface area contributed by atoms with Gasteiger partial charge in [-0.15, -0.1) is 0 Å². The molecule has 1 aliphatic rings. The van der Waals surface area contributed by atoms with Gasteiger partial charge in [-0.1, -0.05) is 24.3 Å². The van der Waals surface area contributed by atoms with Gasteiger partial charge in [0.25, 0.3) is 0 Å². The Morgan fingerprint density at radius 3 is 2.72 bits per heavy atom. The molecule has 6 nitrogen and oxygen atoms in total. The third-order valence-electron chi connectivity index (χ3n) is 4.57. The quantitative estimate of drug-likeness (QED) is 0.601. The van der Waals surface area contributed by atoms with Gasteiger partial charge >= 0.3 is 18.8 Å². The molecule has 0 spiro atoms.